The fraction of sp³-hybridized carbons (Fsp3) is 0.588. The lowest BCUT2D eigenvalue weighted by Crippen LogP contribution is -2.47. The third kappa shape index (κ3) is 5.31. The zero-order valence-electron chi connectivity index (χ0n) is 13.6. The molecule has 0 aromatic heterocycles. The van der Waals surface area contributed by atoms with Gasteiger partial charge in [-0.05, 0) is 31.0 Å². The lowest BCUT2D eigenvalue weighted by Gasteiger charge is -2.27. The minimum absolute atomic E-state index is 0.0286. The van der Waals surface area contributed by atoms with Crippen LogP contribution in [0.3, 0.4) is 0 Å². The van der Waals surface area contributed by atoms with E-state index in [9.17, 15) is 4.79 Å². The molecule has 1 aliphatic heterocycles. The molecule has 1 saturated heterocycles. The van der Waals surface area contributed by atoms with E-state index in [1.54, 1.807) is 0 Å². The van der Waals surface area contributed by atoms with Crippen LogP contribution in [0.25, 0.3) is 0 Å². The molecule has 22 heavy (non-hydrogen) atoms. The number of nitrogens with one attached hydrogen (secondary N) is 2. The fourth-order valence-electron chi connectivity index (χ4n) is 2.56. The van der Waals surface area contributed by atoms with E-state index >= 15 is 0 Å². The summed E-state index contributed by atoms with van der Waals surface area (Å²) in [5.74, 6) is 0.725. The minimum Gasteiger partial charge on any atom is -0.481 e. The Balaban J connectivity index is 1.76. The lowest BCUT2D eigenvalue weighted by atomic mass is 10.2. The van der Waals surface area contributed by atoms with E-state index < -0.39 is 6.10 Å². The highest BCUT2D eigenvalue weighted by molar-refractivity contribution is 5.81. The molecular weight excluding hydrogens is 278 g/mol. The number of piperazine rings is 1. The molecule has 5 heteroatoms. The van der Waals surface area contributed by atoms with Crippen molar-refractivity contribution in [1.82, 2.24) is 15.5 Å². The zero-order valence-corrected chi connectivity index (χ0v) is 13.6. The summed E-state index contributed by atoms with van der Waals surface area (Å²) in [6, 6.07) is 7.81. The van der Waals surface area contributed by atoms with Gasteiger partial charge in [0, 0.05) is 39.3 Å². The first kappa shape index (κ1) is 16.8. The average molecular weight is 305 g/mol. The number of nitrogens with zero attached hydrogens (tertiary/aromatic N) is 1. The van der Waals surface area contributed by atoms with Gasteiger partial charge in [0.25, 0.3) is 5.91 Å². The van der Waals surface area contributed by atoms with Gasteiger partial charge in [-0.2, -0.15) is 0 Å². The predicted molar refractivity (Wildman–Crippen MR) is 88.2 cm³/mol. The van der Waals surface area contributed by atoms with Crippen molar-refractivity contribution in [3.63, 3.8) is 0 Å². The molecule has 1 unspecified atom stereocenters. The highest BCUT2D eigenvalue weighted by Gasteiger charge is 2.18. The number of amides is 1. The van der Waals surface area contributed by atoms with Gasteiger partial charge < -0.3 is 15.4 Å². The number of rotatable bonds is 7. The van der Waals surface area contributed by atoms with E-state index in [0.717, 1.165) is 44.0 Å². The van der Waals surface area contributed by atoms with Gasteiger partial charge in [0.2, 0.25) is 0 Å². The van der Waals surface area contributed by atoms with E-state index in [2.05, 4.69) is 15.5 Å². The Kier molecular flexibility index (Phi) is 6.68. The third-order valence-corrected chi connectivity index (χ3v) is 3.87. The Hall–Kier alpha value is -1.59. The van der Waals surface area contributed by atoms with Crippen molar-refractivity contribution in [1.29, 1.82) is 0 Å². The average Bonchev–Trinajstić information content (AvgIpc) is 2.53. The van der Waals surface area contributed by atoms with Crippen molar-refractivity contribution in [3.05, 3.63) is 29.8 Å². The molecule has 0 bridgehead atoms. The van der Waals surface area contributed by atoms with Crippen LogP contribution in [0.4, 0.5) is 0 Å². The highest BCUT2D eigenvalue weighted by Crippen LogP contribution is 2.15. The summed E-state index contributed by atoms with van der Waals surface area (Å²) in [7, 11) is 0. The summed E-state index contributed by atoms with van der Waals surface area (Å²) >= 11 is 0. The van der Waals surface area contributed by atoms with Crippen LogP contribution in [0.5, 0.6) is 5.75 Å². The second-order valence-electron chi connectivity index (χ2n) is 5.71. The molecule has 1 aliphatic rings. The van der Waals surface area contributed by atoms with E-state index in [-0.39, 0.29) is 5.91 Å². The summed E-state index contributed by atoms with van der Waals surface area (Å²) in [4.78, 5) is 14.6. The van der Waals surface area contributed by atoms with E-state index in [0.29, 0.717) is 13.0 Å². The van der Waals surface area contributed by atoms with E-state index in [1.807, 2.05) is 38.1 Å². The molecule has 0 radical (unpaired) electrons. The van der Waals surface area contributed by atoms with Crippen molar-refractivity contribution in [2.45, 2.75) is 26.4 Å². The van der Waals surface area contributed by atoms with Crippen LogP contribution in [0.15, 0.2) is 24.3 Å². The molecule has 2 N–H and O–H groups in total. The van der Waals surface area contributed by atoms with Crippen LogP contribution in [-0.2, 0) is 4.79 Å². The quantitative estimate of drug-likeness (QED) is 0.794. The number of benzene rings is 1. The predicted octanol–water partition coefficient (Wildman–Crippen LogP) is 1.17. The molecule has 2 rings (SSSR count). The third-order valence-electron chi connectivity index (χ3n) is 3.87. The van der Waals surface area contributed by atoms with Crippen molar-refractivity contribution in [2.75, 3.05) is 39.3 Å². The maximum absolute atomic E-state index is 12.2. The van der Waals surface area contributed by atoms with Gasteiger partial charge in [-0.15, -0.1) is 0 Å². The molecule has 1 aromatic carbocycles. The zero-order chi connectivity index (χ0) is 15.8. The molecule has 1 fully saturated rings. The first-order valence-electron chi connectivity index (χ1n) is 8.13. The summed E-state index contributed by atoms with van der Waals surface area (Å²) < 4.78 is 5.81. The van der Waals surface area contributed by atoms with Gasteiger partial charge >= 0.3 is 0 Å². The minimum atomic E-state index is -0.426. The topological polar surface area (TPSA) is 53.6 Å². The molecule has 1 heterocycles. The largest absolute Gasteiger partial charge is 0.481 e. The van der Waals surface area contributed by atoms with Crippen molar-refractivity contribution in [3.8, 4) is 5.75 Å². The second-order valence-corrected chi connectivity index (χ2v) is 5.71. The number of aryl methyl sites for hydroxylation is 1. The molecule has 122 valence electrons. The fourth-order valence-corrected chi connectivity index (χ4v) is 2.56. The lowest BCUT2D eigenvalue weighted by molar-refractivity contribution is -0.128. The van der Waals surface area contributed by atoms with Crippen molar-refractivity contribution in [2.24, 2.45) is 0 Å². The molecule has 1 aromatic rings. The SMILES string of the molecule is CCC(Oc1cccc(C)c1)C(=O)NCCN1CCNCC1. The van der Waals surface area contributed by atoms with Gasteiger partial charge in [-0.3, -0.25) is 9.69 Å². The Labute approximate surface area is 133 Å². The Bertz CT molecular complexity index is 473. The van der Waals surface area contributed by atoms with E-state index in [4.69, 9.17) is 4.74 Å². The molecular formula is C17H27N3O2. The highest BCUT2D eigenvalue weighted by atomic mass is 16.5. The number of ether oxygens (including phenoxy) is 1. The van der Waals surface area contributed by atoms with E-state index in [1.165, 1.54) is 0 Å². The number of hydrogen-bond donors (Lipinski definition) is 2. The number of carbonyl (C=O) groups is 1. The first-order valence-corrected chi connectivity index (χ1v) is 8.13. The van der Waals surface area contributed by atoms with Gasteiger partial charge in [0.05, 0.1) is 0 Å². The second kappa shape index (κ2) is 8.76. The van der Waals surface area contributed by atoms with Crippen LogP contribution < -0.4 is 15.4 Å². The Morgan fingerprint density at radius 1 is 1.41 bits per heavy atom. The maximum Gasteiger partial charge on any atom is 0.261 e. The standard InChI is InChI=1S/C17H27N3O2/c1-3-16(22-15-6-4-5-14(2)13-15)17(21)19-9-12-20-10-7-18-8-11-20/h4-6,13,16,18H,3,7-12H2,1-2H3,(H,19,21). The normalized spacial score (nSPS) is 17.0. The van der Waals surface area contributed by atoms with Crippen LogP contribution in [0, 0.1) is 6.92 Å². The molecule has 1 amide bonds. The van der Waals surface area contributed by atoms with Gasteiger partial charge in [-0.25, -0.2) is 0 Å². The smallest absolute Gasteiger partial charge is 0.261 e. The summed E-state index contributed by atoms with van der Waals surface area (Å²) in [5, 5.41) is 6.31. The van der Waals surface area contributed by atoms with Crippen LogP contribution in [0.1, 0.15) is 18.9 Å². The Morgan fingerprint density at radius 3 is 2.86 bits per heavy atom. The molecule has 0 saturated carbocycles. The van der Waals surface area contributed by atoms with Gasteiger partial charge in [0.1, 0.15) is 5.75 Å². The van der Waals surface area contributed by atoms with Gasteiger partial charge in [-0.1, -0.05) is 19.1 Å². The summed E-state index contributed by atoms with van der Waals surface area (Å²) in [6.07, 6.45) is 0.234. The van der Waals surface area contributed by atoms with Crippen LogP contribution in [-0.4, -0.2) is 56.2 Å². The molecule has 1 atom stereocenters. The van der Waals surface area contributed by atoms with Crippen LogP contribution >= 0.6 is 0 Å². The first-order chi connectivity index (χ1) is 10.7. The number of carbonyl (C=O) groups excluding carboxylic acids is 1. The summed E-state index contributed by atoms with van der Waals surface area (Å²) in [6.45, 7) is 9.71. The molecule has 5 nitrogen and oxygen atoms in total. The molecule has 0 aliphatic carbocycles. The van der Waals surface area contributed by atoms with Crippen molar-refractivity contribution >= 4 is 5.91 Å². The Morgan fingerprint density at radius 2 is 2.18 bits per heavy atom. The number of hydrogen-bond acceptors (Lipinski definition) is 4. The van der Waals surface area contributed by atoms with Crippen molar-refractivity contribution < 1.29 is 9.53 Å². The van der Waals surface area contributed by atoms with Gasteiger partial charge in [0.15, 0.2) is 6.10 Å². The maximum atomic E-state index is 12.2. The molecule has 0 spiro atoms. The van der Waals surface area contributed by atoms with Crippen LogP contribution in [0.2, 0.25) is 0 Å². The summed E-state index contributed by atoms with van der Waals surface area (Å²) in [5.41, 5.74) is 1.13. The monoisotopic (exact) mass is 305 g/mol.